The molecule has 0 fully saturated rings. The van der Waals surface area contributed by atoms with E-state index in [9.17, 15) is 9.59 Å². The monoisotopic (exact) mass is 348 g/mol. The number of rotatable bonds is 2. The quantitative estimate of drug-likeness (QED) is 0.768. The van der Waals surface area contributed by atoms with Crippen LogP contribution in [0.25, 0.3) is 0 Å². The molecule has 0 radical (unpaired) electrons. The minimum absolute atomic E-state index is 0.162. The van der Waals surface area contributed by atoms with E-state index in [4.69, 9.17) is 17.3 Å². The number of benzene rings is 2. The fourth-order valence-electron chi connectivity index (χ4n) is 1.57. The van der Waals surface area contributed by atoms with Gasteiger partial charge in [0.25, 0.3) is 0 Å². The largest absolute Gasteiger partial charge is 0.351 e. The van der Waals surface area contributed by atoms with Crippen molar-refractivity contribution >= 4 is 35.0 Å². The SMILES string of the molecule is Cc1ccc(NC(=O)N(C)C)cc1Cl.NC(=O)Nc1ccccc1. The second-order valence-electron chi connectivity index (χ2n) is 5.14. The number of nitrogens with one attached hydrogen (secondary N) is 2. The van der Waals surface area contributed by atoms with Gasteiger partial charge in [-0.05, 0) is 36.8 Å². The molecule has 128 valence electrons. The molecule has 0 aliphatic heterocycles. The molecule has 0 spiro atoms. The maximum Gasteiger partial charge on any atom is 0.321 e. The van der Waals surface area contributed by atoms with Crippen molar-refractivity contribution in [2.24, 2.45) is 5.73 Å². The predicted molar refractivity (Wildman–Crippen MR) is 98.5 cm³/mol. The Labute approximate surface area is 146 Å². The highest BCUT2D eigenvalue weighted by Crippen LogP contribution is 2.19. The first kappa shape index (κ1) is 19.3. The van der Waals surface area contributed by atoms with Crippen LogP contribution in [0.15, 0.2) is 48.5 Å². The molecule has 2 aromatic rings. The van der Waals surface area contributed by atoms with E-state index in [-0.39, 0.29) is 6.03 Å². The van der Waals surface area contributed by atoms with Crippen LogP contribution < -0.4 is 16.4 Å². The average Bonchev–Trinajstić information content (AvgIpc) is 2.52. The minimum Gasteiger partial charge on any atom is -0.351 e. The lowest BCUT2D eigenvalue weighted by molar-refractivity contribution is 0.230. The third-order valence-electron chi connectivity index (χ3n) is 2.87. The van der Waals surface area contributed by atoms with Crippen molar-refractivity contribution in [3.8, 4) is 0 Å². The number of primary amides is 1. The highest BCUT2D eigenvalue weighted by Gasteiger charge is 2.04. The zero-order valence-electron chi connectivity index (χ0n) is 13.8. The molecule has 0 saturated carbocycles. The topological polar surface area (TPSA) is 87.5 Å². The van der Waals surface area contributed by atoms with E-state index in [1.807, 2.05) is 37.3 Å². The summed E-state index contributed by atoms with van der Waals surface area (Å²) < 4.78 is 0. The van der Waals surface area contributed by atoms with Crippen LogP contribution in [0.5, 0.6) is 0 Å². The van der Waals surface area contributed by atoms with Gasteiger partial charge in [-0.25, -0.2) is 9.59 Å². The number of carbonyl (C=O) groups is 2. The highest BCUT2D eigenvalue weighted by molar-refractivity contribution is 6.31. The molecule has 2 aromatic carbocycles. The molecule has 0 atom stereocenters. The second-order valence-corrected chi connectivity index (χ2v) is 5.55. The first-order valence-corrected chi connectivity index (χ1v) is 7.53. The second kappa shape index (κ2) is 9.42. The average molecular weight is 349 g/mol. The molecule has 4 amide bonds. The first-order chi connectivity index (χ1) is 11.3. The number of nitrogens with two attached hydrogens (primary N) is 1. The molecule has 24 heavy (non-hydrogen) atoms. The Morgan fingerprint density at radius 3 is 2.12 bits per heavy atom. The molecule has 4 N–H and O–H groups in total. The van der Waals surface area contributed by atoms with Crippen LogP contribution >= 0.6 is 11.6 Å². The van der Waals surface area contributed by atoms with Crippen molar-refractivity contribution in [1.29, 1.82) is 0 Å². The van der Waals surface area contributed by atoms with Crippen LogP contribution in [0.3, 0.4) is 0 Å². The summed E-state index contributed by atoms with van der Waals surface area (Å²) >= 11 is 5.91. The van der Waals surface area contributed by atoms with Gasteiger partial charge >= 0.3 is 12.1 Å². The number of halogens is 1. The van der Waals surface area contributed by atoms with Crippen LogP contribution in [0.2, 0.25) is 5.02 Å². The maximum absolute atomic E-state index is 11.3. The number of amides is 4. The summed E-state index contributed by atoms with van der Waals surface area (Å²) in [5, 5.41) is 5.81. The molecule has 6 nitrogen and oxygen atoms in total. The highest BCUT2D eigenvalue weighted by atomic mass is 35.5. The molecule has 0 aromatic heterocycles. The van der Waals surface area contributed by atoms with E-state index in [2.05, 4.69) is 10.6 Å². The lowest BCUT2D eigenvalue weighted by atomic mass is 10.2. The number of aryl methyl sites for hydroxylation is 1. The normalized spacial score (nSPS) is 9.33. The van der Waals surface area contributed by atoms with Gasteiger partial charge in [0.2, 0.25) is 0 Å². The fraction of sp³-hybridized carbons (Fsp3) is 0.176. The van der Waals surface area contributed by atoms with Gasteiger partial charge in [0.05, 0.1) is 0 Å². The van der Waals surface area contributed by atoms with Gasteiger partial charge in [0.1, 0.15) is 0 Å². The van der Waals surface area contributed by atoms with Gasteiger partial charge in [-0.1, -0.05) is 35.9 Å². The van der Waals surface area contributed by atoms with Crippen LogP contribution in [0.1, 0.15) is 5.56 Å². The van der Waals surface area contributed by atoms with Gasteiger partial charge < -0.3 is 21.3 Å². The van der Waals surface area contributed by atoms with Crippen molar-refractivity contribution in [2.75, 3.05) is 24.7 Å². The van der Waals surface area contributed by atoms with Crippen molar-refractivity contribution in [1.82, 2.24) is 4.90 Å². The van der Waals surface area contributed by atoms with Gasteiger partial charge in [-0.3, -0.25) is 0 Å². The number of hydrogen-bond acceptors (Lipinski definition) is 2. The lowest BCUT2D eigenvalue weighted by Crippen LogP contribution is -2.27. The van der Waals surface area contributed by atoms with Crippen LogP contribution in [-0.4, -0.2) is 31.1 Å². The molecular weight excluding hydrogens is 328 g/mol. The number of para-hydroxylation sites is 1. The Balaban J connectivity index is 0.000000254. The van der Waals surface area contributed by atoms with E-state index >= 15 is 0 Å². The summed E-state index contributed by atoms with van der Waals surface area (Å²) in [4.78, 5) is 23.0. The number of carbonyl (C=O) groups excluding carboxylic acids is 2. The summed E-state index contributed by atoms with van der Waals surface area (Å²) in [7, 11) is 3.37. The summed E-state index contributed by atoms with van der Waals surface area (Å²) in [5.74, 6) is 0. The third-order valence-corrected chi connectivity index (χ3v) is 3.28. The van der Waals surface area contributed by atoms with Crippen molar-refractivity contribution in [2.45, 2.75) is 6.92 Å². The number of anilines is 2. The Kier molecular flexibility index (Phi) is 7.58. The number of nitrogens with zero attached hydrogens (tertiary/aromatic N) is 1. The summed E-state index contributed by atoms with van der Waals surface area (Å²) in [6, 6.07) is 13.8. The molecule has 0 bridgehead atoms. The third kappa shape index (κ3) is 7.02. The van der Waals surface area contributed by atoms with Gasteiger partial charge in [-0.15, -0.1) is 0 Å². The maximum atomic E-state index is 11.3. The molecule has 0 aliphatic rings. The van der Waals surface area contributed by atoms with Gasteiger partial charge in [0.15, 0.2) is 0 Å². The van der Waals surface area contributed by atoms with Gasteiger partial charge in [-0.2, -0.15) is 0 Å². The zero-order chi connectivity index (χ0) is 18.1. The van der Waals surface area contributed by atoms with E-state index in [0.29, 0.717) is 10.7 Å². The smallest absolute Gasteiger partial charge is 0.321 e. The first-order valence-electron chi connectivity index (χ1n) is 7.15. The molecular formula is C17H21ClN4O2. The van der Waals surface area contributed by atoms with Gasteiger partial charge in [0, 0.05) is 30.5 Å². The Morgan fingerprint density at radius 2 is 1.62 bits per heavy atom. The summed E-state index contributed by atoms with van der Waals surface area (Å²) in [6.07, 6.45) is 0. The Hall–Kier alpha value is -2.73. The van der Waals surface area contributed by atoms with Crippen molar-refractivity contribution < 1.29 is 9.59 Å². The predicted octanol–water partition coefficient (Wildman–Crippen LogP) is 3.92. The zero-order valence-corrected chi connectivity index (χ0v) is 14.6. The molecule has 0 saturated heterocycles. The van der Waals surface area contributed by atoms with Crippen LogP contribution in [0, 0.1) is 6.92 Å². The molecule has 2 rings (SSSR count). The van der Waals surface area contributed by atoms with Crippen molar-refractivity contribution in [3.05, 3.63) is 59.1 Å². The minimum atomic E-state index is -0.536. The van der Waals surface area contributed by atoms with E-state index in [1.165, 1.54) is 4.90 Å². The summed E-state index contributed by atoms with van der Waals surface area (Å²) in [5.41, 5.74) is 7.29. The van der Waals surface area contributed by atoms with Crippen LogP contribution in [0.4, 0.5) is 21.0 Å². The molecule has 0 heterocycles. The summed E-state index contributed by atoms with van der Waals surface area (Å²) in [6.45, 7) is 1.92. The van der Waals surface area contributed by atoms with E-state index in [0.717, 1.165) is 11.3 Å². The number of hydrogen-bond donors (Lipinski definition) is 3. The molecule has 7 heteroatoms. The Morgan fingerprint density at radius 1 is 1.00 bits per heavy atom. The Bertz CT molecular complexity index is 690. The molecule has 0 unspecified atom stereocenters. The molecule has 0 aliphatic carbocycles. The lowest BCUT2D eigenvalue weighted by Gasteiger charge is -2.12. The fourth-order valence-corrected chi connectivity index (χ4v) is 1.75. The van der Waals surface area contributed by atoms with E-state index in [1.54, 1.807) is 32.3 Å². The van der Waals surface area contributed by atoms with Crippen LogP contribution in [-0.2, 0) is 0 Å². The number of urea groups is 2. The van der Waals surface area contributed by atoms with E-state index < -0.39 is 6.03 Å². The van der Waals surface area contributed by atoms with Crippen molar-refractivity contribution in [3.63, 3.8) is 0 Å². The standard InChI is InChI=1S/C10H13ClN2O.C7H8N2O/c1-7-4-5-8(6-9(7)11)12-10(14)13(2)3;8-7(10)9-6-4-2-1-3-5-6/h4-6H,1-3H3,(H,12,14);1-5H,(H3,8,9,10).